The Morgan fingerprint density at radius 1 is 1.37 bits per heavy atom. The molecule has 1 aromatic carbocycles. The van der Waals surface area contributed by atoms with E-state index in [-0.39, 0.29) is 5.92 Å². The number of aliphatic carboxylic acids is 1. The van der Waals surface area contributed by atoms with E-state index in [0.717, 1.165) is 16.5 Å². The van der Waals surface area contributed by atoms with Gasteiger partial charge in [-0.3, -0.25) is 9.78 Å². The van der Waals surface area contributed by atoms with E-state index in [0.29, 0.717) is 6.54 Å². The van der Waals surface area contributed by atoms with Crippen molar-refractivity contribution in [3.05, 3.63) is 42.1 Å². The highest BCUT2D eigenvalue weighted by molar-refractivity contribution is 5.79. The summed E-state index contributed by atoms with van der Waals surface area (Å²) in [4.78, 5) is 15.4. The van der Waals surface area contributed by atoms with Gasteiger partial charge >= 0.3 is 5.97 Å². The summed E-state index contributed by atoms with van der Waals surface area (Å²) in [6, 6.07) is 9.34. The Kier molecular flexibility index (Phi) is 4.12. The van der Waals surface area contributed by atoms with Crippen LogP contribution in [0, 0.1) is 5.92 Å². The summed E-state index contributed by atoms with van der Waals surface area (Å²) in [6.07, 6.45) is 1.76. The summed E-state index contributed by atoms with van der Waals surface area (Å²) in [5, 5.41) is 13.3. The molecule has 1 heterocycles. The van der Waals surface area contributed by atoms with Crippen LogP contribution in [0.15, 0.2) is 36.5 Å². The largest absolute Gasteiger partial charge is 0.480 e. The van der Waals surface area contributed by atoms with E-state index in [1.54, 1.807) is 6.20 Å². The van der Waals surface area contributed by atoms with Crippen molar-refractivity contribution >= 4 is 16.9 Å². The van der Waals surface area contributed by atoms with Crippen LogP contribution >= 0.6 is 0 Å². The van der Waals surface area contributed by atoms with Crippen molar-refractivity contribution in [1.82, 2.24) is 10.3 Å². The van der Waals surface area contributed by atoms with Crippen LogP contribution < -0.4 is 5.32 Å². The maximum atomic E-state index is 11.1. The highest BCUT2D eigenvalue weighted by Gasteiger charge is 2.20. The molecule has 0 spiro atoms. The molecule has 4 heteroatoms. The first-order valence-electron chi connectivity index (χ1n) is 6.38. The van der Waals surface area contributed by atoms with Gasteiger partial charge in [0, 0.05) is 18.1 Å². The molecule has 0 fully saturated rings. The third kappa shape index (κ3) is 3.29. The third-order valence-electron chi connectivity index (χ3n) is 3.13. The van der Waals surface area contributed by atoms with Crippen LogP contribution in [0.1, 0.15) is 19.4 Å². The van der Waals surface area contributed by atoms with Crippen LogP contribution in [0.25, 0.3) is 10.9 Å². The van der Waals surface area contributed by atoms with Gasteiger partial charge in [-0.2, -0.15) is 0 Å². The maximum Gasteiger partial charge on any atom is 0.320 e. The Bertz CT molecular complexity index is 581. The molecule has 0 aliphatic heterocycles. The second-order valence-corrected chi connectivity index (χ2v) is 4.97. The predicted octanol–water partition coefficient (Wildman–Crippen LogP) is 2.43. The van der Waals surface area contributed by atoms with Gasteiger partial charge in [-0.1, -0.05) is 26.0 Å². The molecule has 2 rings (SSSR count). The molecule has 0 saturated heterocycles. The summed E-state index contributed by atoms with van der Waals surface area (Å²) in [5.74, 6) is -0.753. The molecule has 0 radical (unpaired) electrons. The van der Waals surface area contributed by atoms with E-state index in [9.17, 15) is 4.79 Å². The third-order valence-corrected chi connectivity index (χ3v) is 3.13. The van der Waals surface area contributed by atoms with E-state index in [4.69, 9.17) is 5.11 Å². The quantitative estimate of drug-likeness (QED) is 0.864. The second-order valence-electron chi connectivity index (χ2n) is 4.97. The van der Waals surface area contributed by atoms with E-state index in [2.05, 4.69) is 10.3 Å². The Morgan fingerprint density at radius 3 is 2.84 bits per heavy atom. The van der Waals surface area contributed by atoms with Gasteiger partial charge in [-0.05, 0) is 29.7 Å². The number of carboxylic acid groups (broad SMARTS) is 1. The number of nitrogens with one attached hydrogen (secondary N) is 1. The van der Waals surface area contributed by atoms with Crippen LogP contribution in [0.2, 0.25) is 0 Å². The number of hydrogen-bond acceptors (Lipinski definition) is 3. The normalized spacial score (nSPS) is 12.8. The number of nitrogens with zero attached hydrogens (tertiary/aromatic N) is 1. The van der Waals surface area contributed by atoms with Gasteiger partial charge in [0.25, 0.3) is 0 Å². The van der Waals surface area contributed by atoms with E-state index in [1.807, 2.05) is 44.2 Å². The number of rotatable bonds is 5. The molecule has 0 unspecified atom stereocenters. The summed E-state index contributed by atoms with van der Waals surface area (Å²) in [7, 11) is 0. The van der Waals surface area contributed by atoms with Crippen molar-refractivity contribution < 1.29 is 9.90 Å². The lowest BCUT2D eigenvalue weighted by molar-refractivity contribution is -0.140. The zero-order valence-corrected chi connectivity index (χ0v) is 11.1. The number of carbonyl (C=O) groups is 1. The van der Waals surface area contributed by atoms with Crippen LogP contribution in [-0.2, 0) is 11.3 Å². The van der Waals surface area contributed by atoms with Gasteiger partial charge in [0.15, 0.2) is 0 Å². The lowest BCUT2D eigenvalue weighted by Crippen LogP contribution is -2.40. The van der Waals surface area contributed by atoms with Gasteiger partial charge in [0.05, 0.1) is 5.52 Å². The standard InChI is InChI=1S/C15H18N2O2/c1-10(2)14(15(18)19)17-9-11-5-6-13-12(8-11)4-3-7-16-13/h3-8,10,14,17H,9H2,1-2H3,(H,18,19)/t14-/m0/s1. The van der Waals surface area contributed by atoms with Crippen LogP contribution in [0.4, 0.5) is 0 Å². The average molecular weight is 258 g/mol. The minimum Gasteiger partial charge on any atom is -0.480 e. The summed E-state index contributed by atoms with van der Waals surface area (Å²) < 4.78 is 0. The fourth-order valence-electron chi connectivity index (χ4n) is 2.07. The molecule has 19 heavy (non-hydrogen) atoms. The van der Waals surface area contributed by atoms with Crippen molar-refractivity contribution in [2.24, 2.45) is 5.92 Å². The lowest BCUT2D eigenvalue weighted by atomic mass is 10.0. The molecule has 1 aromatic heterocycles. The van der Waals surface area contributed by atoms with Crippen molar-refractivity contribution in [3.63, 3.8) is 0 Å². The Hall–Kier alpha value is -1.94. The number of carboxylic acids is 1. The van der Waals surface area contributed by atoms with Gasteiger partial charge < -0.3 is 10.4 Å². The highest BCUT2D eigenvalue weighted by atomic mass is 16.4. The molecule has 0 saturated carbocycles. The minimum absolute atomic E-state index is 0.0552. The topological polar surface area (TPSA) is 62.2 Å². The minimum atomic E-state index is -0.808. The molecule has 4 nitrogen and oxygen atoms in total. The molecule has 2 aromatic rings. The first-order chi connectivity index (χ1) is 9.08. The number of aromatic nitrogens is 1. The van der Waals surface area contributed by atoms with Crippen molar-refractivity contribution in [1.29, 1.82) is 0 Å². The molecule has 2 N–H and O–H groups in total. The molecular formula is C15H18N2O2. The number of hydrogen-bond donors (Lipinski definition) is 2. The number of benzene rings is 1. The Morgan fingerprint density at radius 2 is 2.16 bits per heavy atom. The molecular weight excluding hydrogens is 240 g/mol. The SMILES string of the molecule is CC(C)[C@H](NCc1ccc2ncccc2c1)C(=O)O. The van der Waals surface area contributed by atoms with E-state index >= 15 is 0 Å². The second kappa shape index (κ2) is 5.80. The summed E-state index contributed by atoms with van der Waals surface area (Å²) in [5.41, 5.74) is 2.01. The zero-order chi connectivity index (χ0) is 13.8. The van der Waals surface area contributed by atoms with E-state index in [1.165, 1.54) is 0 Å². The zero-order valence-electron chi connectivity index (χ0n) is 11.1. The molecule has 100 valence electrons. The smallest absolute Gasteiger partial charge is 0.320 e. The average Bonchev–Trinajstić information content (AvgIpc) is 2.38. The monoisotopic (exact) mass is 258 g/mol. The first-order valence-corrected chi connectivity index (χ1v) is 6.38. The van der Waals surface area contributed by atoms with Crippen molar-refractivity contribution in [3.8, 4) is 0 Å². The first kappa shape index (κ1) is 13.5. The number of pyridine rings is 1. The van der Waals surface area contributed by atoms with Gasteiger partial charge in [-0.25, -0.2) is 0 Å². The van der Waals surface area contributed by atoms with Gasteiger partial charge in [0.1, 0.15) is 6.04 Å². The Balaban J connectivity index is 2.11. The predicted molar refractivity (Wildman–Crippen MR) is 74.8 cm³/mol. The molecule has 1 atom stereocenters. The van der Waals surface area contributed by atoms with Crippen molar-refractivity contribution in [2.45, 2.75) is 26.4 Å². The van der Waals surface area contributed by atoms with E-state index < -0.39 is 12.0 Å². The summed E-state index contributed by atoms with van der Waals surface area (Å²) in [6.45, 7) is 4.34. The highest BCUT2D eigenvalue weighted by Crippen LogP contribution is 2.13. The van der Waals surface area contributed by atoms with Crippen molar-refractivity contribution in [2.75, 3.05) is 0 Å². The Labute approximate surface area is 112 Å². The van der Waals surface area contributed by atoms with Gasteiger partial charge in [0.2, 0.25) is 0 Å². The lowest BCUT2D eigenvalue weighted by Gasteiger charge is -2.18. The molecule has 0 aliphatic carbocycles. The molecule has 0 bridgehead atoms. The van der Waals surface area contributed by atoms with Crippen LogP contribution in [0.5, 0.6) is 0 Å². The fourth-order valence-corrected chi connectivity index (χ4v) is 2.07. The van der Waals surface area contributed by atoms with Crippen LogP contribution in [-0.4, -0.2) is 22.1 Å². The number of fused-ring (bicyclic) bond motifs is 1. The van der Waals surface area contributed by atoms with Gasteiger partial charge in [-0.15, -0.1) is 0 Å². The van der Waals surface area contributed by atoms with Crippen LogP contribution in [0.3, 0.4) is 0 Å². The molecule has 0 amide bonds. The fraction of sp³-hybridized carbons (Fsp3) is 0.333. The summed E-state index contributed by atoms with van der Waals surface area (Å²) >= 11 is 0. The molecule has 0 aliphatic rings. The maximum absolute atomic E-state index is 11.1.